The average molecular weight is 706 g/mol. The molecule has 0 bridgehead atoms. The zero-order valence-electron chi connectivity index (χ0n) is 28.1. The number of benzene rings is 3. The van der Waals surface area contributed by atoms with Crippen LogP contribution in [0.1, 0.15) is 51.3 Å². The summed E-state index contributed by atoms with van der Waals surface area (Å²) in [5, 5.41) is 6.17. The highest BCUT2D eigenvalue weighted by Crippen LogP contribution is 2.35. The topological polar surface area (TPSA) is 105 Å². The van der Waals surface area contributed by atoms with Crippen LogP contribution in [-0.4, -0.2) is 94.6 Å². The second kappa shape index (κ2) is 19.9. The summed E-state index contributed by atoms with van der Waals surface area (Å²) >= 11 is 5.70. The van der Waals surface area contributed by atoms with Crippen molar-refractivity contribution in [3.8, 4) is 5.75 Å². The van der Waals surface area contributed by atoms with Gasteiger partial charge in [-0.2, -0.15) is 18.3 Å². The van der Waals surface area contributed by atoms with Crippen molar-refractivity contribution in [2.24, 2.45) is 5.10 Å². The van der Waals surface area contributed by atoms with Crippen LogP contribution in [0.2, 0.25) is 5.02 Å². The van der Waals surface area contributed by atoms with Gasteiger partial charge in [0.15, 0.2) is 0 Å². The molecule has 0 atom stereocenters. The molecule has 3 rings (SSSR count). The summed E-state index contributed by atoms with van der Waals surface area (Å²) in [7, 11) is 3.60. The number of carbonyl (C=O) groups is 2. The molecule has 2 N–H and O–H groups in total. The molecule has 0 saturated heterocycles. The van der Waals surface area contributed by atoms with E-state index in [4.69, 9.17) is 25.8 Å². The highest BCUT2D eigenvalue weighted by Gasteiger charge is 2.33. The summed E-state index contributed by atoms with van der Waals surface area (Å²) in [5.41, 5.74) is 2.89. The van der Waals surface area contributed by atoms with Gasteiger partial charge in [-0.15, -0.1) is 0 Å². The average Bonchev–Trinajstić information content (AvgIpc) is 3.07. The molecule has 0 aliphatic carbocycles. The molecule has 0 fully saturated rings. The summed E-state index contributed by atoms with van der Waals surface area (Å²) in [6.45, 7) is 9.96. The first-order chi connectivity index (χ1) is 23.4. The van der Waals surface area contributed by atoms with Crippen molar-refractivity contribution in [2.75, 3.05) is 72.1 Å². The Morgan fingerprint density at radius 2 is 1.69 bits per heavy atom. The van der Waals surface area contributed by atoms with E-state index >= 15 is 0 Å². The monoisotopic (exact) mass is 705 g/mol. The fraction of sp³-hybridized carbons (Fsp3) is 0.400. The van der Waals surface area contributed by atoms with Crippen molar-refractivity contribution >= 4 is 35.3 Å². The van der Waals surface area contributed by atoms with Gasteiger partial charge in [0.25, 0.3) is 11.8 Å². The molecule has 0 aromatic heterocycles. The summed E-state index contributed by atoms with van der Waals surface area (Å²) in [5.74, 6) is -0.849. The molecule has 266 valence electrons. The van der Waals surface area contributed by atoms with E-state index in [-0.39, 0.29) is 30.0 Å². The maximum absolute atomic E-state index is 13.4. The number of amides is 2. The molecule has 0 unspecified atom stereocenters. The standard InChI is InChI=1S/C35H43ClF3N5O5/c1-5-44(6-2)15-14-43(3)24-26-8-7-9-27(20-26)33(45)41-32-13-11-28(49-19-18-48-17-16-47-4)22-29(32)34(46)42-40-23-25-10-12-31(36)30(21-25)35(37,38)39/h7-13,20-23H,5-6,14-19,24H2,1-4H3,(H,41,45)(H,42,46). The smallest absolute Gasteiger partial charge is 0.417 e. The lowest BCUT2D eigenvalue weighted by Crippen LogP contribution is -2.32. The van der Waals surface area contributed by atoms with E-state index in [9.17, 15) is 22.8 Å². The number of hydrogen-bond donors (Lipinski definition) is 2. The number of ether oxygens (including phenoxy) is 3. The lowest BCUT2D eigenvalue weighted by molar-refractivity contribution is -0.137. The van der Waals surface area contributed by atoms with Crippen molar-refractivity contribution in [3.63, 3.8) is 0 Å². The number of halogens is 4. The van der Waals surface area contributed by atoms with Crippen LogP contribution in [0.3, 0.4) is 0 Å². The Labute approximate surface area is 290 Å². The third-order valence-electron chi connectivity index (χ3n) is 7.42. The molecular weight excluding hydrogens is 663 g/mol. The Bertz CT molecular complexity index is 1550. The first-order valence-corrected chi connectivity index (χ1v) is 16.2. The number of nitrogens with one attached hydrogen (secondary N) is 2. The van der Waals surface area contributed by atoms with Gasteiger partial charge in [-0.25, -0.2) is 5.43 Å². The van der Waals surface area contributed by atoms with Gasteiger partial charge in [-0.1, -0.05) is 43.6 Å². The fourth-order valence-electron chi connectivity index (χ4n) is 4.69. The van der Waals surface area contributed by atoms with Crippen LogP contribution >= 0.6 is 11.6 Å². The summed E-state index contributed by atoms with van der Waals surface area (Å²) in [6, 6.07) is 15.0. The minimum atomic E-state index is -4.66. The van der Waals surface area contributed by atoms with Crippen LogP contribution < -0.4 is 15.5 Å². The van der Waals surface area contributed by atoms with E-state index in [1.807, 2.05) is 13.1 Å². The molecule has 0 aliphatic heterocycles. The number of methoxy groups -OCH3 is 1. The van der Waals surface area contributed by atoms with Gasteiger partial charge in [0.2, 0.25) is 0 Å². The number of rotatable bonds is 19. The van der Waals surface area contributed by atoms with E-state index in [0.29, 0.717) is 31.1 Å². The van der Waals surface area contributed by atoms with Gasteiger partial charge in [0.05, 0.1) is 47.9 Å². The van der Waals surface area contributed by atoms with Crippen molar-refractivity contribution in [1.29, 1.82) is 0 Å². The maximum atomic E-state index is 13.4. The molecule has 3 aromatic carbocycles. The molecule has 0 saturated carbocycles. The van der Waals surface area contributed by atoms with Gasteiger partial charge in [0.1, 0.15) is 12.4 Å². The normalized spacial score (nSPS) is 11.8. The minimum Gasteiger partial charge on any atom is -0.491 e. The number of nitrogens with zero attached hydrogens (tertiary/aromatic N) is 3. The van der Waals surface area contributed by atoms with Crippen LogP contribution in [0.15, 0.2) is 65.8 Å². The SMILES string of the molecule is CCN(CC)CCN(C)Cc1cccc(C(=O)Nc2ccc(OCCOCCOC)cc2C(=O)NN=Cc2ccc(Cl)c(C(F)(F)F)c2)c1. The maximum Gasteiger partial charge on any atom is 0.417 e. The van der Waals surface area contributed by atoms with E-state index in [1.165, 1.54) is 18.2 Å². The van der Waals surface area contributed by atoms with E-state index in [1.54, 1.807) is 31.4 Å². The van der Waals surface area contributed by atoms with Crippen molar-refractivity contribution in [2.45, 2.75) is 26.6 Å². The molecule has 0 radical (unpaired) electrons. The number of likely N-dealkylation sites (N-methyl/N-ethyl adjacent to an activating group) is 2. The second-order valence-electron chi connectivity index (χ2n) is 11.0. The Morgan fingerprint density at radius 1 is 0.939 bits per heavy atom. The zero-order valence-corrected chi connectivity index (χ0v) is 28.9. The number of alkyl halides is 3. The first kappa shape index (κ1) is 39.4. The fourth-order valence-corrected chi connectivity index (χ4v) is 4.91. The Kier molecular flexibility index (Phi) is 16.0. The molecule has 14 heteroatoms. The first-order valence-electron chi connectivity index (χ1n) is 15.8. The largest absolute Gasteiger partial charge is 0.491 e. The zero-order chi connectivity index (χ0) is 35.8. The third-order valence-corrected chi connectivity index (χ3v) is 7.75. The van der Waals surface area contributed by atoms with Crippen LogP contribution in [0.4, 0.5) is 18.9 Å². The van der Waals surface area contributed by atoms with Gasteiger partial charge in [0, 0.05) is 32.3 Å². The van der Waals surface area contributed by atoms with Gasteiger partial charge < -0.3 is 29.3 Å². The Balaban J connectivity index is 1.77. The molecule has 0 heterocycles. The summed E-state index contributed by atoms with van der Waals surface area (Å²) in [6.07, 6.45) is -3.60. The molecule has 10 nitrogen and oxygen atoms in total. The molecular formula is C35H43ClF3N5O5. The molecule has 0 aliphatic rings. The number of anilines is 1. The third kappa shape index (κ3) is 13.1. The minimum absolute atomic E-state index is 0.0164. The quantitative estimate of drug-likeness (QED) is 0.0871. The Hall–Kier alpha value is -4.01. The van der Waals surface area contributed by atoms with Gasteiger partial charge >= 0.3 is 6.18 Å². The van der Waals surface area contributed by atoms with Crippen molar-refractivity contribution in [1.82, 2.24) is 15.2 Å². The number of carbonyl (C=O) groups excluding carboxylic acids is 2. The predicted octanol–water partition coefficient (Wildman–Crippen LogP) is 6.19. The molecule has 2 amide bonds. The van der Waals surface area contributed by atoms with Gasteiger partial charge in [-0.3, -0.25) is 9.59 Å². The number of hydrazone groups is 1. The highest BCUT2D eigenvalue weighted by molar-refractivity contribution is 6.31. The Morgan fingerprint density at radius 3 is 2.41 bits per heavy atom. The summed E-state index contributed by atoms with van der Waals surface area (Å²) in [4.78, 5) is 31.2. The van der Waals surface area contributed by atoms with E-state index in [2.05, 4.69) is 39.5 Å². The second-order valence-corrected chi connectivity index (χ2v) is 11.4. The lowest BCUT2D eigenvalue weighted by atomic mass is 10.1. The molecule has 0 spiro atoms. The molecule has 3 aromatic rings. The van der Waals surface area contributed by atoms with Crippen LogP contribution in [0, 0.1) is 0 Å². The lowest BCUT2D eigenvalue weighted by Gasteiger charge is -2.23. The van der Waals surface area contributed by atoms with Crippen molar-refractivity contribution in [3.05, 3.63) is 93.5 Å². The van der Waals surface area contributed by atoms with Crippen LogP contribution in [-0.2, 0) is 22.2 Å². The van der Waals surface area contributed by atoms with Crippen molar-refractivity contribution < 1.29 is 37.0 Å². The van der Waals surface area contributed by atoms with Crippen LogP contribution in [0.5, 0.6) is 5.75 Å². The van der Waals surface area contributed by atoms with Gasteiger partial charge in [-0.05, 0) is 73.7 Å². The van der Waals surface area contributed by atoms with E-state index in [0.717, 1.165) is 50.1 Å². The number of hydrogen-bond acceptors (Lipinski definition) is 8. The predicted molar refractivity (Wildman–Crippen MR) is 185 cm³/mol. The molecule has 49 heavy (non-hydrogen) atoms. The summed E-state index contributed by atoms with van der Waals surface area (Å²) < 4.78 is 55.9. The highest BCUT2D eigenvalue weighted by atomic mass is 35.5. The van der Waals surface area contributed by atoms with Crippen LogP contribution in [0.25, 0.3) is 0 Å². The van der Waals surface area contributed by atoms with E-state index < -0.39 is 28.6 Å².